The van der Waals surface area contributed by atoms with E-state index in [9.17, 15) is 4.79 Å². The van der Waals surface area contributed by atoms with E-state index in [2.05, 4.69) is 20.8 Å². The first-order chi connectivity index (χ1) is 9.47. The summed E-state index contributed by atoms with van der Waals surface area (Å²) in [5.41, 5.74) is -0.662. The molecule has 4 rings (SSSR count). The maximum Gasteiger partial charge on any atom is 0.167 e. The lowest BCUT2D eigenvalue weighted by molar-refractivity contribution is -0.226. The molecule has 4 aliphatic rings. The number of hydrogen-bond acceptors (Lipinski definition) is 4. The molecular formula is C16H24O4. The summed E-state index contributed by atoms with van der Waals surface area (Å²) in [6.07, 6.45) is 4.34. The third-order valence-corrected chi connectivity index (χ3v) is 5.99. The summed E-state index contributed by atoms with van der Waals surface area (Å²) < 4.78 is 18.5. The zero-order valence-electron chi connectivity index (χ0n) is 12.6. The van der Waals surface area contributed by atoms with Crippen LogP contribution in [0.4, 0.5) is 0 Å². The first-order valence-corrected chi connectivity index (χ1v) is 8.01. The fraction of sp³-hybridized carbons (Fsp3) is 0.938. The number of carbonyl (C=O) groups is 1. The zero-order chi connectivity index (χ0) is 14.1. The topological polar surface area (TPSA) is 44.8 Å². The van der Waals surface area contributed by atoms with Crippen LogP contribution in [0.2, 0.25) is 0 Å². The fourth-order valence-corrected chi connectivity index (χ4v) is 4.65. The van der Waals surface area contributed by atoms with Gasteiger partial charge in [0, 0.05) is 18.3 Å². The van der Waals surface area contributed by atoms with Crippen LogP contribution in [0, 0.1) is 11.8 Å². The van der Waals surface area contributed by atoms with Crippen molar-refractivity contribution in [2.75, 3.05) is 0 Å². The molecule has 1 saturated carbocycles. The minimum atomic E-state index is -0.479. The second-order valence-electron chi connectivity index (χ2n) is 7.45. The van der Waals surface area contributed by atoms with Crippen LogP contribution in [0.5, 0.6) is 0 Å². The molecule has 3 saturated heterocycles. The Hall–Kier alpha value is -0.450. The highest BCUT2D eigenvalue weighted by Gasteiger charge is 2.70. The van der Waals surface area contributed by atoms with Crippen molar-refractivity contribution in [1.82, 2.24) is 0 Å². The van der Waals surface area contributed by atoms with Gasteiger partial charge in [-0.3, -0.25) is 4.79 Å². The van der Waals surface area contributed by atoms with Gasteiger partial charge in [-0.2, -0.15) is 0 Å². The second kappa shape index (κ2) is 4.05. The molecule has 2 bridgehead atoms. The van der Waals surface area contributed by atoms with Gasteiger partial charge in [-0.25, -0.2) is 0 Å². The Morgan fingerprint density at radius 1 is 1.45 bits per heavy atom. The summed E-state index contributed by atoms with van der Waals surface area (Å²) in [6.45, 7) is 6.34. The number of hydrogen-bond donors (Lipinski definition) is 0. The van der Waals surface area contributed by atoms with Crippen LogP contribution in [-0.2, 0) is 19.0 Å². The van der Waals surface area contributed by atoms with E-state index in [1.54, 1.807) is 0 Å². The van der Waals surface area contributed by atoms with Gasteiger partial charge < -0.3 is 14.2 Å². The van der Waals surface area contributed by atoms with Gasteiger partial charge in [-0.15, -0.1) is 0 Å². The van der Waals surface area contributed by atoms with Gasteiger partial charge in [0.15, 0.2) is 12.1 Å². The Bertz CT molecular complexity index is 446. The molecule has 4 heteroatoms. The Kier molecular flexibility index (Phi) is 2.68. The maximum absolute atomic E-state index is 12.4. The summed E-state index contributed by atoms with van der Waals surface area (Å²) in [6, 6.07) is 0. The Balaban J connectivity index is 1.64. The van der Waals surface area contributed by atoms with Crippen molar-refractivity contribution in [2.45, 2.75) is 82.6 Å². The largest absolute Gasteiger partial charge is 0.360 e. The average molecular weight is 280 g/mol. The van der Waals surface area contributed by atoms with Gasteiger partial charge in [-0.05, 0) is 39.5 Å². The number of carbonyl (C=O) groups excluding carboxylic acids is 1. The second-order valence-corrected chi connectivity index (χ2v) is 7.45. The molecule has 0 unspecified atom stereocenters. The summed E-state index contributed by atoms with van der Waals surface area (Å²) in [5, 5.41) is 0. The zero-order valence-corrected chi connectivity index (χ0v) is 12.6. The Morgan fingerprint density at radius 2 is 2.25 bits per heavy atom. The fourth-order valence-electron chi connectivity index (χ4n) is 4.65. The molecule has 6 atom stereocenters. The molecule has 0 N–H and O–H groups in total. The first kappa shape index (κ1) is 13.2. The van der Waals surface area contributed by atoms with E-state index in [1.165, 1.54) is 0 Å². The van der Waals surface area contributed by atoms with Gasteiger partial charge in [0.2, 0.25) is 0 Å². The highest BCUT2D eigenvalue weighted by Crippen LogP contribution is 2.60. The van der Waals surface area contributed by atoms with Crippen LogP contribution in [0.1, 0.15) is 52.9 Å². The molecule has 3 aliphatic heterocycles. The molecule has 0 radical (unpaired) electrons. The van der Waals surface area contributed by atoms with Gasteiger partial charge in [0.25, 0.3) is 0 Å². The quantitative estimate of drug-likeness (QED) is 0.796. The van der Waals surface area contributed by atoms with Crippen LogP contribution in [-0.4, -0.2) is 35.5 Å². The van der Waals surface area contributed by atoms with Gasteiger partial charge in [-0.1, -0.05) is 6.92 Å². The molecule has 0 aromatic heterocycles. The molecule has 1 spiro atoms. The maximum atomic E-state index is 12.4. The SMILES string of the molecule is CCC(C)(C)O[C@@H]1O[C@@H]2CC(=O)[C@]34CCC[C@H]3[C@H]1[C@H]2O4. The highest BCUT2D eigenvalue weighted by atomic mass is 16.7. The molecule has 4 nitrogen and oxygen atoms in total. The molecule has 0 amide bonds. The standard InChI is InChI=1S/C16H24O4/c1-4-15(2,3)20-14-12-9-6-5-7-16(9)11(17)8-10(18-14)13(12)19-16/h9-10,12-14H,4-8H2,1-3H3/t9-,10+,12-,13-,14-,16-/m0/s1. The minimum Gasteiger partial charge on any atom is -0.360 e. The van der Waals surface area contributed by atoms with Crippen LogP contribution in [0.15, 0.2) is 0 Å². The number of ketones is 1. The van der Waals surface area contributed by atoms with Crippen molar-refractivity contribution in [3.05, 3.63) is 0 Å². The van der Waals surface area contributed by atoms with Crippen molar-refractivity contribution < 1.29 is 19.0 Å². The predicted octanol–water partition coefficient (Wildman–Crippen LogP) is 2.44. The van der Waals surface area contributed by atoms with Gasteiger partial charge in [0.1, 0.15) is 5.60 Å². The molecule has 112 valence electrons. The van der Waals surface area contributed by atoms with Crippen molar-refractivity contribution in [3.8, 4) is 0 Å². The van der Waals surface area contributed by atoms with E-state index in [0.717, 1.165) is 25.7 Å². The van der Waals surface area contributed by atoms with E-state index >= 15 is 0 Å². The third-order valence-electron chi connectivity index (χ3n) is 5.99. The normalized spacial score (nSPS) is 49.8. The monoisotopic (exact) mass is 280 g/mol. The van der Waals surface area contributed by atoms with Crippen LogP contribution < -0.4 is 0 Å². The Morgan fingerprint density at radius 3 is 3.00 bits per heavy atom. The molecule has 0 aromatic rings. The number of fused-ring (bicyclic) bond motifs is 1. The summed E-state index contributed by atoms with van der Waals surface area (Å²) >= 11 is 0. The predicted molar refractivity (Wildman–Crippen MR) is 72.2 cm³/mol. The van der Waals surface area contributed by atoms with Crippen molar-refractivity contribution >= 4 is 5.78 Å². The molecule has 4 fully saturated rings. The lowest BCUT2D eigenvalue weighted by Crippen LogP contribution is -2.49. The van der Waals surface area contributed by atoms with Crippen LogP contribution in [0.25, 0.3) is 0 Å². The van der Waals surface area contributed by atoms with E-state index in [1.807, 2.05) is 0 Å². The van der Waals surface area contributed by atoms with Gasteiger partial charge in [0.05, 0.1) is 17.8 Å². The minimum absolute atomic E-state index is 0.0793. The van der Waals surface area contributed by atoms with E-state index in [4.69, 9.17) is 14.2 Å². The lowest BCUT2D eigenvalue weighted by atomic mass is 9.81. The summed E-state index contributed by atoms with van der Waals surface area (Å²) in [7, 11) is 0. The molecule has 1 aliphatic carbocycles. The smallest absolute Gasteiger partial charge is 0.167 e. The molecule has 3 heterocycles. The molecular weight excluding hydrogens is 256 g/mol. The van der Waals surface area contributed by atoms with Crippen LogP contribution >= 0.6 is 0 Å². The summed E-state index contributed by atoms with van der Waals surface area (Å²) in [5.74, 6) is 0.835. The van der Waals surface area contributed by atoms with E-state index in [0.29, 0.717) is 12.3 Å². The Labute approximate surface area is 120 Å². The highest BCUT2D eigenvalue weighted by molar-refractivity contribution is 5.90. The molecule has 20 heavy (non-hydrogen) atoms. The first-order valence-electron chi connectivity index (χ1n) is 8.01. The number of rotatable bonds is 3. The van der Waals surface area contributed by atoms with Crippen LogP contribution in [0.3, 0.4) is 0 Å². The van der Waals surface area contributed by atoms with Crippen molar-refractivity contribution in [1.29, 1.82) is 0 Å². The van der Waals surface area contributed by atoms with Gasteiger partial charge >= 0.3 is 0 Å². The third kappa shape index (κ3) is 1.56. The lowest BCUT2D eigenvalue weighted by Gasteiger charge is -2.37. The molecule has 0 aromatic carbocycles. The summed E-state index contributed by atoms with van der Waals surface area (Å²) in [4.78, 5) is 12.4. The van der Waals surface area contributed by atoms with E-state index in [-0.39, 0.29) is 35.8 Å². The number of Topliss-reactive ketones (excluding diaryl/α,β-unsaturated/α-hetero) is 1. The van der Waals surface area contributed by atoms with Crippen molar-refractivity contribution in [2.24, 2.45) is 11.8 Å². The van der Waals surface area contributed by atoms with E-state index < -0.39 is 5.60 Å². The van der Waals surface area contributed by atoms with Crippen molar-refractivity contribution in [3.63, 3.8) is 0 Å². The number of ether oxygens (including phenoxy) is 3. The average Bonchev–Trinajstić information content (AvgIpc) is 2.98.